The van der Waals surface area contributed by atoms with Gasteiger partial charge in [-0.15, -0.1) is 5.75 Å². The Hall–Kier alpha value is -2.04. The third-order valence-electron chi connectivity index (χ3n) is 4.10. The van der Waals surface area contributed by atoms with E-state index in [1.54, 1.807) is 24.3 Å². The number of hydrogen-bond acceptors (Lipinski definition) is 3. The number of piperazine rings is 1. The van der Waals surface area contributed by atoms with Crippen LogP contribution in [0.4, 0.5) is 0 Å². The topological polar surface area (TPSA) is 43.1 Å². The van der Waals surface area contributed by atoms with Crippen LogP contribution in [0.1, 0.15) is 11.1 Å². The van der Waals surface area contributed by atoms with E-state index in [2.05, 4.69) is 16.2 Å². The molecule has 3 rings (SSSR count). The van der Waals surface area contributed by atoms with Crippen molar-refractivity contribution >= 4 is 17.8 Å². The first-order chi connectivity index (χ1) is 11.2. The zero-order chi connectivity index (χ0) is 16.1. The van der Waals surface area contributed by atoms with E-state index in [-0.39, 0.29) is 5.75 Å². The second-order valence-electron chi connectivity index (χ2n) is 5.79. The minimum atomic E-state index is 0.0268. The van der Waals surface area contributed by atoms with Gasteiger partial charge in [0.15, 0.2) is 0 Å². The second-order valence-corrected chi connectivity index (χ2v) is 6.19. The van der Waals surface area contributed by atoms with Gasteiger partial charge in [-0.1, -0.05) is 54.1 Å². The number of hydrogen-bond donors (Lipinski definition) is 1. The van der Waals surface area contributed by atoms with Crippen molar-refractivity contribution in [2.24, 2.45) is 5.10 Å². The van der Waals surface area contributed by atoms with Gasteiger partial charge in [-0.3, -0.25) is 5.01 Å². The van der Waals surface area contributed by atoms with Gasteiger partial charge in [-0.05, 0) is 11.6 Å². The minimum absolute atomic E-state index is 0.0268. The molecule has 0 bridgehead atoms. The molecule has 1 saturated heterocycles. The van der Waals surface area contributed by atoms with Gasteiger partial charge in [-0.25, -0.2) is 0 Å². The van der Waals surface area contributed by atoms with Gasteiger partial charge in [0, 0.05) is 10.6 Å². The van der Waals surface area contributed by atoms with Crippen molar-refractivity contribution in [3.8, 4) is 5.75 Å². The largest absolute Gasteiger partial charge is 0.872 e. The number of quaternary nitrogens is 1. The van der Waals surface area contributed by atoms with Crippen molar-refractivity contribution in [2.45, 2.75) is 6.54 Å². The lowest BCUT2D eigenvalue weighted by Gasteiger charge is -2.30. The van der Waals surface area contributed by atoms with Crippen LogP contribution < -0.4 is 10.0 Å². The molecule has 0 aliphatic carbocycles. The summed E-state index contributed by atoms with van der Waals surface area (Å²) in [4.78, 5) is 1.53. The molecule has 1 N–H and O–H groups in total. The summed E-state index contributed by atoms with van der Waals surface area (Å²) < 4.78 is 0. The monoisotopic (exact) mass is 329 g/mol. The Morgan fingerprint density at radius 1 is 1.09 bits per heavy atom. The molecule has 1 aliphatic rings. The zero-order valence-corrected chi connectivity index (χ0v) is 13.7. The van der Waals surface area contributed by atoms with Crippen molar-refractivity contribution in [2.75, 3.05) is 26.2 Å². The predicted octanol–water partition coefficient (Wildman–Crippen LogP) is 1.15. The number of benzene rings is 2. The van der Waals surface area contributed by atoms with E-state index >= 15 is 0 Å². The van der Waals surface area contributed by atoms with Gasteiger partial charge in [-0.2, -0.15) is 5.10 Å². The van der Waals surface area contributed by atoms with E-state index in [1.807, 2.05) is 24.4 Å². The van der Waals surface area contributed by atoms with Gasteiger partial charge >= 0.3 is 0 Å². The van der Waals surface area contributed by atoms with Gasteiger partial charge in [0.1, 0.15) is 6.54 Å². The molecule has 4 nitrogen and oxygen atoms in total. The standard InChI is InChI=1S/C18H20ClN3O/c19-18-4-2-1-3-16(18)14-21-9-11-22(12-10-21)20-13-15-5-7-17(23)8-6-15/h1-8,13,23H,9-12,14H2/b20-13+. The van der Waals surface area contributed by atoms with Crippen molar-refractivity contribution in [3.05, 3.63) is 64.7 Å². The quantitative estimate of drug-likeness (QED) is 0.855. The third-order valence-corrected chi connectivity index (χ3v) is 4.46. The Labute approximate surface area is 141 Å². The highest BCUT2D eigenvalue weighted by Crippen LogP contribution is 2.13. The lowest BCUT2D eigenvalue weighted by atomic mass is 10.2. The molecule has 1 aliphatic heterocycles. The third kappa shape index (κ3) is 4.47. The van der Waals surface area contributed by atoms with Crippen LogP contribution in [-0.4, -0.2) is 37.4 Å². The van der Waals surface area contributed by atoms with Crippen LogP contribution in [0.3, 0.4) is 0 Å². The highest BCUT2D eigenvalue weighted by molar-refractivity contribution is 6.31. The fraction of sp³-hybridized carbons (Fsp3) is 0.278. The van der Waals surface area contributed by atoms with Crippen LogP contribution in [0.25, 0.3) is 0 Å². The molecular weight excluding hydrogens is 310 g/mol. The molecule has 120 valence electrons. The summed E-state index contributed by atoms with van der Waals surface area (Å²) in [5, 5.41) is 18.5. The summed E-state index contributed by atoms with van der Waals surface area (Å²) in [6, 6.07) is 14.8. The summed E-state index contributed by atoms with van der Waals surface area (Å²) in [6.07, 6.45) is 1.82. The molecule has 23 heavy (non-hydrogen) atoms. The van der Waals surface area contributed by atoms with Gasteiger partial charge < -0.3 is 10.0 Å². The Morgan fingerprint density at radius 3 is 2.48 bits per heavy atom. The molecule has 0 radical (unpaired) electrons. The van der Waals surface area contributed by atoms with Crippen molar-refractivity contribution in [1.82, 2.24) is 5.01 Å². The van der Waals surface area contributed by atoms with Crippen molar-refractivity contribution < 1.29 is 10.0 Å². The molecule has 0 unspecified atom stereocenters. The number of hydrazone groups is 1. The average Bonchev–Trinajstić information content (AvgIpc) is 2.58. The molecule has 0 spiro atoms. The van der Waals surface area contributed by atoms with Gasteiger partial charge in [0.05, 0.1) is 32.4 Å². The lowest BCUT2D eigenvalue weighted by Crippen LogP contribution is -3.13. The number of rotatable bonds is 4. The molecule has 0 aromatic heterocycles. The Balaban J connectivity index is 1.50. The molecule has 0 saturated carbocycles. The lowest BCUT2D eigenvalue weighted by molar-refractivity contribution is -0.918. The summed E-state index contributed by atoms with van der Waals surface area (Å²) in [5.74, 6) is 0.0268. The summed E-state index contributed by atoms with van der Waals surface area (Å²) in [5.41, 5.74) is 2.16. The van der Waals surface area contributed by atoms with Crippen LogP contribution in [-0.2, 0) is 6.54 Å². The Kier molecular flexibility index (Phi) is 5.16. The van der Waals surface area contributed by atoms with Crippen LogP contribution in [0.15, 0.2) is 53.6 Å². The fourth-order valence-electron chi connectivity index (χ4n) is 2.72. The molecule has 1 fully saturated rings. The fourth-order valence-corrected chi connectivity index (χ4v) is 2.92. The molecular formula is C18H20ClN3O. The molecule has 2 aromatic rings. The number of nitrogens with zero attached hydrogens (tertiary/aromatic N) is 2. The maximum atomic E-state index is 11.1. The Morgan fingerprint density at radius 2 is 1.78 bits per heavy atom. The van der Waals surface area contributed by atoms with E-state index in [1.165, 1.54) is 10.5 Å². The van der Waals surface area contributed by atoms with Crippen molar-refractivity contribution in [1.29, 1.82) is 0 Å². The van der Waals surface area contributed by atoms with Gasteiger partial charge in [0.25, 0.3) is 0 Å². The van der Waals surface area contributed by atoms with Crippen LogP contribution in [0.2, 0.25) is 5.02 Å². The maximum absolute atomic E-state index is 11.1. The molecule has 2 aromatic carbocycles. The van der Waals surface area contributed by atoms with E-state index in [0.29, 0.717) is 0 Å². The zero-order valence-electron chi connectivity index (χ0n) is 12.9. The summed E-state index contributed by atoms with van der Waals surface area (Å²) in [7, 11) is 0. The number of nitrogens with one attached hydrogen (secondary N) is 1. The molecule has 1 heterocycles. The number of halogens is 1. The second kappa shape index (κ2) is 7.49. The van der Waals surface area contributed by atoms with E-state index in [9.17, 15) is 5.11 Å². The first-order valence-corrected chi connectivity index (χ1v) is 8.21. The highest BCUT2D eigenvalue weighted by atomic mass is 35.5. The molecule has 5 heteroatoms. The SMILES string of the molecule is [O-]c1ccc(/C=N/N2CC[NH+](Cc3ccccc3Cl)CC2)cc1. The van der Waals surface area contributed by atoms with E-state index < -0.39 is 0 Å². The average molecular weight is 330 g/mol. The molecule has 0 atom stereocenters. The first-order valence-electron chi connectivity index (χ1n) is 7.84. The van der Waals surface area contributed by atoms with Crippen LogP contribution in [0, 0.1) is 0 Å². The minimum Gasteiger partial charge on any atom is -0.872 e. The summed E-state index contributed by atoms with van der Waals surface area (Å²) >= 11 is 6.23. The Bertz CT molecular complexity index is 664. The summed E-state index contributed by atoms with van der Waals surface area (Å²) in [6.45, 7) is 4.90. The highest BCUT2D eigenvalue weighted by Gasteiger charge is 2.19. The predicted molar refractivity (Wildman–Crippen MR) is 90.9 cm³/mol. The van der Waals surface area contributed by atoms with E-state index in [0.717, 1.165) is 43.3 Å². The maximum Gasteiger partial charge on any atom is 0.104 e. The van der Waals surface area contributed by atoms with Gasteiger partial charge in [0.2, 0.25) is 0 Å². The van der Waals surface area contributed by atoms with Crippen LogP contribution >= 0.6 is 11.6 Å². The normalized spacial score (nSPS) is 16.1. The van der Waals surface area contributed by atoms with Crippen LogP contribution in [0.5, 0.6) is 5.75 Å². The first kappa shape index (κ1) is 15.8. The smallest absolute Gasteiger partial charge is 0.104 e. The molecule has 0 amide bonds. The van der Waals surface area contributed by atoms with E-state index in [4.69, 9.17) is 11.6 Å². The van der Waals surface area contributed by atoms with Crippen molar-refractivity contribution in [3.63, 3.8) is 0 Å².